The van der Waals surface area contributed by atoms with Gasteiger partial charge in [0.2, 0.25) is 0 Å². The number of halogens is 1. The third kappa shape index (κ3) is 2.32. The fourth-order valence-corrected chi connectivity index (χ4v) is 3.51. The highest BCUT2D eigenvalue weighted by Crippen LogP contribution is 2.30. The number of fused-ring (bicyclic) bond motifs is 1. The van der Waals surface area contributed by atoms with Gasteiger partial charge in [-0.05, 0) is 41.3 Å². The van der Waals surface area contributed by atoms with Crippen molar-refractivity contribution < 1.29 is 0 Å². The number of nitrogens with two attached hydrogens (primary N) is 1. The van der Waals surface area contributed by atoms with Crippen molar-refractivity contribution in [3.05, 3.63) is 32.9 Å². The standard InChI is InChI=1S/C11H13BrN2S/c1-2-3-7-4-5-9-8(11(13)14-7)6-10(12)15-9/h2,6-7H,1,3-5H2,(H2,13,14). The topological polar surface area (TPSA) is 38.4 Å². The van der Waals surface area contributed by atoms with Gasteiger partial charge in [-0.3, -0.25) is 4.99 Å². The molecule has 1 aromatic heterocycles. The summed E-state index contributed by atoms with van der Waals surface area (Å²) >= 11 is 5.24. The first kappa shape index (κ1) is 10.9. The van der Waals surface area contributed by atoms with Crippen LogP contribution in [0.4, 0.5) is 0 Å². The van der Waals surface area contributed by atoms with Crippen molar-refractivity contribution in [1.29, 1.82) is 0 Å². The maximum Gasteiger partial charge on any atom is 0.127 e. The minimum atomic E-state index is 0.306. The summed E-state index contributed by atoms with van der Waals surface area (Å²) in [6.07, 6.45) is 4.95. The normalized spacial score (nSPS) is 20.3. The van der Waals surface area contributed by atoms with E-state index >= 15 is 0 Å². The molecule has 1 aromatic rings. The van der Waals surface area contributed by atoms with Crippen molar-refractivity contribution in [1.82, 2.24) is 0 Å². The molecule has 2 rings (SSSR count). The number of thiophene rings is 1. The van der Waals surface area contributed by atoms with Crippen LogP contribution in [0, 0.1) is 0 Å². The van der Waals surface area contributed by atoms with E-state index in [0.717, 1.165) is 28.6 Å². The van der Waals surface area contributed by atoms with Gasteiger partial charge >= 0.3 is 0 Å². The van der Waals surface area contributed by atoms with E-state index in [1.807, 2.05) is 6.08 Å². The Morgan fingerprint density at radius 1 is 1.73 bits per heavy atom. The van der Waals surface area contributed by atoms with Crippen molar-refractivity contribution in [2.75, 3.05) is 0 Å². The van der Waals surface area contributed by atoms with Crippen LogP contribution in [0.25, 0.3) is 0 Å². The molecule has 15 heavy (non-hydrogen) atoms. The zero-order chi connectivity index (χ0) is 10.8. The highest BCUT2D eigenvalue weighted by atomic mass is 79.9. The summed E-state index contributed by atoms with van der Waals surface area (Å²) in [6.45, 7) is 3.75. The smallest absolute Gasteiger partial charge is 0.127 e. The van der Waals surface area contributed by atoms with Crippen molar-refractivity contribution in [2.24, 2.45) is 10.7 Å². The monoisotopic (exact) mass is 284 g/mol. The lowest BCUT2D eigenvalue weighted by Gasteiger charge is -2.06. The third-order valence-corrected chi connectivity index (χ3v) is 4.22. The Labute approximate surface area is 102 Å². The molecular weight excluding hydrogens is 272 g/mol. The molecule has 80 valence electrons. The number of amidine groups is 1. The van der Waals surface area contributed by atoms with Crippen LogP contribution in [0.1, 0.15) is 23.3 Å². The summed E-state index contributed by atoms with van der Waals surface area (Å²) in [5.41, 5.74) is 7.09. The maximum absolute atomic E-state index is 5.98. The average molecular weight is 285 g/mol. The second kappa shape index (κ2) is 4.49. The van der Waals surface area contributed by atoms with Gasteiger partial charge in [-0.15, -0.1) is 17.9 Å². The lowest BCUT2D eigenvalue weighted by atomic mass is 10.1. The van der Waals surface area contributed by atoms with Crippen LogP contribution in [0.15, 0.2) is 27.5 Å². The van der Waals surface area contributed by atoms with Gasteiger partial charge in [-0.2, -0.15) is 0 Å². The largest absolute Gasteiger partial charge is 0.383 e. The third-order valence-electron chi connectivity index (χ3n) is 2.52. The van der Waals surface area contributed by atoms with Gasteiger partial charge in [0.15, 0.2) is 0 Å². The molecule has 1 unspecified atom stereocenters. The van der Waals surface area contributed by atoms with Crippen molar-refractivity contribution >= 4 is 33.1 Å². The molecule has 0 saturated heterocycles. The van der Waals surface area contributed by atoms with Crippen LogP contribution in [0.2, 0.25) is 0 Å². The molecule has 2 N–H and O–H groups in total. The van der Waals surface area contributed by atoms with E-state index in [0.29, 0.717) is 11.9 Å². The van der Waals surface area contributed by atoms with Crippen LogP contribution >= 0.6 is 27.3 Å². The van der Waals surface area contributed by atoms with Gasteiger partial charge in [0.05, 0.1) is 9.83 Å². The van der Waals surface area contributed by atoms with Gasteiger partial charge < -0.3 is 5.73 Å². The van der Waals surface area contributed by atoms with Crippen molar-refractivity contribution in [3.8, 4) is 0 Å². The minimum absolute atomic E-state index is 0.306. The summed E-state index contributed by atoms with van der Waals surface area (Å²) in [5.74, 6) is 0.677. The highest BCUT2D eigenvalue weighted by molar-refractivity contribution is 9.11. The molecule has 0 bridgehead atoms. The molecule has 0 spiro atoms. The maximum atomic E-state index is 5.98. The fourth-order valence-electron chi connectivity index (χ4n) is 1.79. The Balaban J connectivity index is 2.31. The molecule has 0 aromatic carbocycles. The van der Waals surface area contributed by atoms with Crippen LogP contribution in [0.5, 0.6) is 0 Å². The molecule has 0 aliphatic carbocycles. The molecular formula is C11H13BrN2S. The number of hydrogen-bond donors (Lipinski definition) is 1. The quantitative estimate of drug-likeness (QED) is 0.833. The average Bonchev–Trinajstić information content (AvgIpc) is 2.50. The molecule has 0 amide bonds. The minimum Gasteiger partial charge on any atom is -0.383 e. The van der Waals surface area contributed by atoms with E-state index < -0.39 is 0 Å². The first-order valence-electron chi connectivity index (χ1n) is 4.93. The molecule has 0 fully saturated rings. The van der Waals surface area contributed by atoms with Crippen molar-refractivity contribution in [2.45, 2.75) is 25.3 Å². The Bertz CT molecular complexity index is 409. The summed E-state index contributed by atoms with van der Waals surface area (Å²) in [7, 11) is 0. The summed E-state index contributed by atoms with van der Waals surface area (Å²) in [4.78, 5) is 5.87. The molecule has 2 heterocycles. The fraction of sp³-hybridized carbons (Fsp3) is 0.364. The van der Waals surface area contributed by atoms with Gasteiger partial charge in [0.1, 0.15) is 5.84 Å². The summed E-state index contributed by atoms with van der Waals surface area (Å²) in [5, 5.41) is 0. The molecule has 0 radical (unpaired) electrons. The second-order valence-electron chi connectivity index (χ2n) is 3.62. The van der Waals surface area contributed by atoms with E-state index in [1.54, 1.807) is 11.3 Å². The predicted molar refractivity (Wildman–Crippen MR) is 69.7 cm³/mol. The van der Waals surface area contributed by atoms with Gasteiger partial charge in [0.25, 0.3) is 0 Å². The van der Waals surface area contributed by atoms with E-state index in [1.165, 1.54) is 4.88 Å². The number of aryl methyl sites for hydroxylation is 1. The van der Waals surface area contributed by atoms with Crippen molar-refractivity contribution in [3.63, 3.8) is 0 Å². The molecule has 1 aliphatic rings. The first-order valence-corrected chi connectivity index (χ1v) is 6.54. The van der Waals surface area contributed by atoms with Gasteiger partial charge in [0, 0.05) is 10.4 Å². The first-order chi connectivity index (χ1) is 7.20. The lowest BCUT2D eigenvalue weighted by molar-refractivity contribution is 0.633. The molecule has 2 nitrogen and oxygen atoms in total. The van der Waals surface area contributed by atoms with E-state index in [9.17, 15) is 0 Å². The number of nitrogens with zero attached hydrogens (tertiary/aromatic N) is 1. The summed E-state index contributed by atoms with van der Waals surface area (Å²) < 4.78 is 1.13. The number of rotatable bonds is 2. The molecule has 4 heteroatoms. The zero-order valence-corrected chi connectivity index (χ0v) is 10.8. The Morgan fingerprint density at radius 3 is 3.27 bits per heavy atom. The van der Waals surface area contributed by atoms with E-state index in [2.05, 4.69) is 33.6 Å². The molecule has 0 saturated carbocycles. The van der Waals surface area contributed by atoms with Gasteiger partial charge in [-0.25, -0.2) is 0 Å². The van der Waals surface area contributed by atoms with E-state index in [4.69, 9.17) is 5.73 Å². The Morgan fingerprint density at radius 2 is 2.53 bits per heavy atom. The van der Waals surface area contributed by atoms with Crippen LogP contribution < -0.4 is 5.73 Å². The highest BCUT2D eigenvalue weighted by Gasteiger charge is 2.18. The van der Waals surface area contributed by atoms with Gasteiger partial charge in [-0.1, -0.05) is 6.08 Å². The van der Waals surface area contributed by atoms with Crippen LogP contribution in [-0.2, 0) is 6.42 Å². The molecule has 1 atom stereocenters. The summed E-state index contributed by atoms with van der Waals surface area (Å²) in [6, 6.07) is 2.37. The molecule has 1 aliphatic heterocycles. The Kier molecular flexibility index (Phi) is 3.26. The zero-order valence-electron chi connectivity index (χ0n) is 8.37. The predicted octanol–water partition coefficient (Wildman–Crippen LogP) is 3.11. The number of aliphatic imine (C=N–C) groups is 1. The van der Waals surface area contributed by atoms with Crippen LogP contribution in [0.3, 0.4) is 0 Å². The van der Waals surface area contributed by atoms with E-state index in [-0.39, 0.29) is 0 Å². The number of hydrogen-bond acceptors (Lipinski definition) is 3. The van der Waals surface area contributed by atoms with Crippen LogP contribution in [-0.4, -0.2) is 11.9 Å². The second-order valence-corrected chi connectivity index (χ2v) is 6.13. The lowest BCUT2D eigenvalue weighted by Crippen LogP contribution is -2.15. The Hall–Kier alpha value is -0.610. The SMILES string of the molecule is C=CCC1CCc2sc(Br)cc2C(N)=N1.